The average molecular weight is 475 g/mol. The molecule has 2 fully saturated rings. The van der Waals surface area contributed by atoms with Crippen molar-refractivity contribution in [3.05, 3.63) is 57.9 Å². The van der Waals surface area contributed by atoms with E-state index in [1.54, 1.807) is 12.1 Å². The molecule has 1 aliphatic carbocycles. The van der Waals surface area contributed by atoms with E-state index in [1.807, 2.05) is 31.2 Å². The van der Waals surface area contributed by atoms with Gasteiger partial charge in [-0.15, -0.1) is 11.3 Å². The van der Waals surface area contributed by atoms with Crippen molar-refractivity contribution in [2.75, 3.05) is 6.54 Å². The summed E-state index contributed by atoms with van der Waals surface area (Å²) in [5, 5.41) is 12.0. The topological polar surface area (TPSA) is 66.6 Å². The molecule has 6 heteroatoms. The van der Waals surface area contributed by atoms with Gasteiger partial charge in [-0.1, -0.05) is 32.9 Å². The SMILES string of the molecule is Cc1oc2c(CN3C[C@@]4(C)C[C@H]3CC(C)(C)C4)c(O)ccc2c(=O)c1-c1nc2ccccc2s1. The Bertz CT molecular complexity index is 1470. The first-order valence-electron chi connectivity index (χ1n) is 12.0. The van der Waals surface area contributed by atoms with Crippen LogP contribution in [-0.2, 0) is 6.54 Å². The molecule has 2 aliphatic rings. The van der Waals surface area contributed by atoms with E-state index in [-0.39, 0.29) is 11.2 Å². The van der Waals surface area contributed by atoms with Gasteiger partial charge >= 0.3 is 0 Å². The molecule has 0 spiro atoms. The van der Waals surface area contributed by atoms with Gasteiger partial charge in [-0.25, -0.2) is 4.98 Å². The minimum Gasteiger partial charge on any atom is -0.507 e. The molecule has 1 saturated heterocycles. The van der Waals surface area contributed by atoms with E-state index in [0.717, 1.165) is 23.2 Å². The Balaban J connectivity index is 1.44. The van der Waals surface area contributed by atoms with Gasteiger partial charge < -0.3 is 9.52 Å². The van der Waals surface area contributed by atoms with Gasteiger partial charge in [0.2, 0.25) is 5.43 Å². The molecule has 1 aliphatic heterocycles. The highest BCUT2D eigenvalue weighted by molar-refractivity contribution is 7.21. The lowest BCUT2D eigenvalue weighted by molar-refractivity contribution is 0.126. The van der Waals surface area contributed by atoms with Crippen molar-refractivity contribution in [2.45, 2.75) is 59.5 Å². The Morgan fingerprint density at radius 1 is 1.18 bits per heavy atom. The number of aromatic hydroxyl groups is 1. The summed E-state index contributed by atoms with van der Waals surface area (Å²) in [4.78, 5) is 20.8. The number of phenolic OH excluding ortho intramolecular Hbond substituents is 1. The second kappa shape index (κ2) is 7.40. The lowest BCUT2D eigenvalue weighted by atomic mass is 9.65. The van der Waals surface area contributed by atoms with E-state index < -0.39 is 0 Å². The normalized spacial score (nSPS) is 24.3. The van der Waals surface area contributed by atoms with Crippen LogP contribution in [0.2, 0.25) is 0 Å². The Hall–Kier alpha value is -2.70. The Labute approximate surface area is 203 Å². The van der Waals surface area contributed by atoms with Gasteiger partial charge in [0.25, 0.3) is 0 Å². The largest absolute Gasteiger partial charge is 0.507 e. The molecule has 2 bridgehead atoms. The zero-order valence-electron chi connectivity index (χ0n) is 20.1. The number of nitrogens with zero attached hydrogens (tertiary/aromatic N) is 2. The molecule has 3 heterocycles. The standard InChI is InChI=1S/C28H30N2O3S/c1-16-23(26-29-20-7-5-6-8-22(20)34-26)24(32)18-9-10-21(31)19(25(18)33-16)13-30-15-28(4)12-17(30)11-27(2,3)14-28/h5-10,17,31H,11-15H2,1-4H3/t17-,28+/m1/s1. The molecule has 5 nitrogen and oxygen atoms in total. The molecule has 0 amide bonds. The lowest BCUT2D eigenvalue weighted by Crippen LogP contribution is -2.34. The van der Waals surface area contributed by atoms with Crippen molar-refractivity contribution in [1.82, 2.24) is 9.88 Å². The van der Waals surface area contributed by atoms with Crippen LogP contribution in [0.3, 0.4) is 0 Å². The maximum absolute atomic E-state index is 13.7. The third kappa shape index (κ3) is 3.46. The van der Waals surface area contributed by atoms with Crippen LogP contribution in [0.5, 0.6) is 5.75 Å². The van der Waals surface area contributed by atoms with Gasteiger partial charge in [0.05, 0.1) is 26.7 Å². The van der Waals surface area contributed by atoms with E-state index in [0.29, 0.717) is 56.3 Å². The highest BCUT2D eigenvalue weighted by Gasteiger charge is 2.49. The van der Waals surface area contributed by atoms with Crippen molar-refractivity contribution in [2.24, 2.45) is 10.8 Å². The van der Waals surface area contributed by atoms with Crippen LogP contribution in [0, 0.1) is 17.8 Å². The van der Waals surface area contributed by atoms with E-state index in [2.05, 4.69) is 25.7 Å². The summed E-state index contributed by atoms with van der Waals surface area (Å²) in [6.45, 7) is 10.5. The van der Waals surface area contributed by atoms with Gasteiger partial charge in [-0.05, 0) is 61.3 Å². The number of rotatable bonds is 3. The number of likely N-dealkylation sites (tertiary alicyclic amines) is 1. The molecule has 1 N–H and O–H groups in total. The summed E-state index contributed by atoms with van der Waals surface area (Å²) < 4.78 is 7.34. The second-order valence-electron chi connectivity index (χ2n) is 11.4. The second-order valence-corrected chi connectivity index (χ2v) is 12.4. The number of fused-ring (bicyclic) bond motifs is 4. The molecule has 1 saturated carbocycles. The van der Waals surface area contributed by atoms with Crippen LogP contribution in [0.4, 0.5) is 0 Å². The number of benzene rings is 2. The van der Waals surface area contributed by atoms with Gasteiger partial charge in [-0.2, -0.15) is 0 Å². The number of para-hydroxylation sites is 1. The van der Waals surface area contributed by atoms with Gasteiger partial charge in [0.1, 0.15) is 22.1 Å². The monoisotopic (exact) mass is 474 g/mol. The van der Waals surface area contributed by atoms with Crippen molar-refractivity contribution in [1.29, 1.82) is 0 Å². The van der Waals surface area contributed by atoms with Crippen molar-refractivity contribution < 1.29 is 9.52 Å². The molecule has 6 rings (SSSR count). The smallest absolute Gasteiger partial charge is 0.203 e. The highest BCUT2D eigenvalue weighted by Crippen LogP contribution is 2.53. The quantitative estimate of drug-likeness (QED) is 0.368. The maximum Gasteiger partial charge on any atom is 0.203 e. The Morgan fingerprint density at radius 2 is 1.97 bits per heavy atom. The molecule has 0 unspecified atom stereocenters. The summed E-state index contributed by atoms with van der Waals surface area (Å²) in [6.07, 6.45) is 3.56. The Morgan fingerprint density at radius 3 is 2.76 bits per heavy atom. The third-order valence-corrected chi connectivity index (χ3v) is 8.76. The third-order valence-electron chi connectivity index (χ3n) is 7.71. The van der Waals surface area contributed by atoms with Crippen LogP contribution in [0.15, 0.2) is 45.6 Å². The molecule has 2 aromatic carbocycles. The zero-order chi connectivity index (χ0) is 23.8. The molecular weight excluding hydrogens is 444 g/mol. The van der Waals surface area contributed by atoms with E-state index >= 15 is 0 Å². The molecule has 2 atom stereocenters. The van der Waals surface area contributed by atoms with Crippen LogP contribution in [-0.4, -0.2) is 27.6 Å². The Kier molecular flexibility index (Phi) is 4.74. The first-order valence-corrected chi connectivity index (χ1v) is 12.8. The van der Waals surface area contributed by atoms with Crippen LogP contribution >= 0.6 is 11.3 Å². The van der Waals surface area contributed by atoms with Gasteiger partial charge in [-0.3, -0.25) is 9.69 Å². The number of phenols is 1. The first-order chi connectivity index (χ1) is 16.1. The van der Waals surface area contributed by atoms with Crippen LogP contribution in [0.25, 0.3) is 31.8 Å². The molecule has 2 aromatic heterocycles. The predicted octanol–water partition coefficient (Wildman–Crippen LogP) is 6.48. The van der Waals surface area contributed by atoms with Crippen molar-refractivity contribution >= 4 is 32.5 Å². The number of hydrogen-bond acceptors (Lipinski definition) is 6. The van der Waals surface area contributed by atoms with E-state index in [4.69, 9.17) is 9.40 Å². The minimum atomic E-state index is -0.0904. The summed E-state index contributed by atoms with van der Waals surface area (Å²) in [7, 11) is 0. The minimum absolute atomic E-state index is 0.0904. The van der Waals surface area contributed by atoms with E-state index in [9.17, 15) is 9.90 Å². The lowest BCUT2D eigenvalue weighted by Gasteiger charge is -2.40. The average Bonchev–Trinajstić information content (AvgIpc) is 3.27. The molecule has 0 radical (unpaired) electrons. The molecule has 176 valence electrons. The number of aryl methyl sites for hydroxylation is 1. The first kappa shape index (κ1) is 21.8. The maximum atomic E-state index is 13.7. The fourth-order valence-electron chi connectivity index (χ4n) is 6.76. The molecule has 34 heavy (non-hydrogen) atoms. The van der Waals surface area contributed by atoms with E-state index in [1.165, 1.54) is 24.2 Å². The number of thiazole rings is 1. The molecule has 4 aromatic rings. The summed E-state index contributed by atoms with van der Waals surface area (Å²) in [5.74, 6) is 0.727. The fraction of sp³-hybridized carbons (Fsp3) is 0.429. The summed E-state index contributed by atoms with van der Waals surface area (Å²) in [6, 6.07) is 11.7. The fourth-order valence-corrected chi connectivity index (χ4v) is 7.81. The van der Waals surface area contributed by atoms with Crippen molar-refractivity contribution in [3.8, 4) is 16.3 Å². The highest BCUT2D eigenvalue weighted by atomic mass is 32.1. The molecular formula is C28H30N2O3S. The summed E-state index contributed by atoms with van der Waals surface area (Å²) in [5.41, 5.74) is 3.13. The van der Waals surface area contributed by atoms with Gasteiger partial charge in [0, 0.05) is 19.1 Å². The van der Waals surface area contributed by atoms with Crippen LogP contribution < -0.4 is 5.43 Å². The van der Waals surface area contributed by atoms with Gasteiger partial charge in [0.15, 0.2) is 0 Å². The number of aromatic nitrogens is 1. The summed E-state index contributed by atoms with van der Waals surface area (Å²) >= 11 is 1.50. The van der Waals surface area contributed by atoms with Crippen LogP contribution in [0.1, 0.15) is 51.4 Å². The zero-order valence-corrected chi connectivity index (χ0v) is 21.0. The predicted molar refractivity (Wildman–Crippen MR) is 137 cm³/mol. The number of hydrogen-bond donors (Lipinski definition) is 1. The van der Waals surface area contributed by atoms with Crippen molar-refractivity contribution in [3.63, 3.8) is 0 Å².